The lowest BCUT2D eigenvalue weighted by Crippen LogP contribution is -2.41. The standard InChI is InChI=1S/C52H71N12O12P/c1-2-3-4-5-6-7-8-9-10-11-12-13-14-15-16-17-24-70-28-38(71-27-37-19-18-36(25-53)26-58-37)29-72-77(69,73-30-41-45(65)47(67)51(32-54,75-41)43-22-20-39-49(56)59-34-61-63(39)43)74-31-42-46(66)48(68)52(33-55,76-42)44-23-21-40-50(57)60-35-62-64(40)44/h18-23,26,34-35,38,41-42,45-48,65-68H,2-17,24,27-31H2,1H3,(H2,56,59,61)(H2,57,60,62)/t38-,41-,42-,45-,46-,47-,48-,51+,52+/m1/s1. The van der Waals surface area contributed by atoms with Gasteiger partial charge in [0.25, 0.3) is 0 Å². The Bertz CT molecular complexity index is 2710. The molecule has 25 heteroatoms. The van der Waals surface area contributed by atoms with Gasteiger partial charge in [-0.15, -0.1) is 0 Å². The summed E-state index contributed by atoms with van der Waals surface area (Å²) in [6, 6.07) is 15.0. The van der Waals surface area contributed by atoms with Gasteiger partial charge in [-0.05, 0) is 42.8 Å². The molecule has 0 amide bonds. The summed E-state index contributed by atoms with van der Waals surface area (Å²) in [6.45, 7) is 0.390. The Morgan fingerprint density at radius 1 is 0.662 bits per heavy atom. The van der Waals surface area contributed by atoms with E-state index in [1.165, 1.54) is 117 Å². The number of fused-ring (bicyclic) bond motifs is 2. The molecule has 0 saturated carbocycles. The van der Waals surface area contributed by atoms with Crippen LogP contribution in [0.15, 0.2) is 55.2 Å². The van der Waals surface area contributed by atoms with Crippen molar-refractivity contribution in [2.45, 2.75) is 170 Å². The van der Waals surface area contributed by atoms with Crippen molar-refractivity contribution in [1.29, 1.82) is 15.8 Å². The number of aliphatic hydroxyl groups is 4. The highest BCUT2D eigenvalue weighted by molar-refractivity contribution is 7.48. The molecule has 7 rings (SSSR count). The van der Waals surface area contributed by atoms with Gasteiger partial charge in [0.05, 0.1) is 55.7 Å². The highest BCUT2D eigenvalue weighted by Gasteiger charge is 2.59. The molecule has 2 aliphatic heterocycles. The van der Waals surface area contributed by atoms with Gasteiger partial charge < -0.3 is 50.8 Å². The molecule has 77 heavy (non-hydrogen) atoms. The molecule has 2 fully saturated rings. The molecule has 7 heterocycles. The molecule has 0 aliphatic carbocycles. The van der Waals surface area contributed by atoms with Crippen LogP contribution in [-0.4, -0.2) is 130 Å². The Kier molecular flexibility index (Phi) is 21.6. The average molecular weight is 1090 g/mol. The number of aromatic nitrogens is 7. The minimum atomic E-state index is -4.95. The number of hydrogen-bond donors (Lipinski definition) is 6. The Morgan fingerprint density at radius 2 is 1.14 bits per heavy atom. The Labute approximate surface area is 447 Å². The minimum Gasteiger partial charge on any atom is -0.387 e. The number of hydrogen-bond acceptors (Lipinski definition) is 22. The third kappa shape index (κ3) is 14.3. The van der Waals surface area contributed by atoms with Crippen molar-refractivity contribution in [3.05, 3.63) is 77.9 Å². The first-order valence-corrected chi connectivity index (χ1v) is 28.0. The number of nitrogens with two attached hydrogens (primary N) is 2. The molecule has 2 aliphatic rings. The fraction of sp³-hybridized carbons (Fsp3) is 0.615. The van der Waals surface area contributed by atoms with E-state index in [1.54, 1.807) is 12.1 Å². The smallest absolute Gasteiger partial charge is 0.387 e. The van der Waals surface area contributed by atoms with Crippen LogP contribution in [-0.2, 0) is 54.9 Å². The van der Waals surface area contributed by atoms with Crippen LogP contribution in [0.25, 0.3) is 11.0 Å². The number of aliphatic hydroxyl groups excluding tert-OH is 4. The Morgan fingerprint density at radius 3 is 1.58 bits per heavy atom. The minimum absolute atomic E-state index is 0.00183. The summed E-state index contributed by atoms with van der Waals surface area (Å²) in [5.41, 5.74) is 8.95. The van der Waals surface area contributed by atoms with E-state index in [2.05, 4.69) is 32.1 Å². The first-order chi connectivity index (χ1) is 37.3. The van der Waals surface area contributed by atoms with E-state index in [0.717, 1.165) is 38.3 Å². The van der Waals surface area contributed by atoms with Gasteiger partial charge >= 0.3 is 7.82 Å². The molecule has 0 bridgehead atoms. The lowest BCUT2D eigenvalue weighted by Gasteiger charge is -2.26. The van der Waals surface area contributed by atoms with Crippen LogP contribution >= 0.6 is 7.82 Å². The van der Waals surface area contributed by atoms with Gasteiger partial charge in [0.15, 0.2) is 11.6 Å². The van der Waals surface area contributed by atoms with Crippen molar-refractivity contribution in [3.63, 3.8) is 0 Å². The number of pyridine rings is 1. The summed E-state index contributed by atoms with van der Waals surface area (Å²) >= 11 is 0. The van der Waals surface area contributed by atoms with Crippen molar-refractivity contribution >= 4 is 30.5 Å². The van der Waals surface area contributed by atoms with Crippen LogP contribution in [0.5, 0.6) is 0 Å². The van der Waals surface area contributed by atoms with Gasteiger partial charge in [-0.1, -0.05) is 103 Å². The molecule has 5 aromatic rings. The van der Waals surface area contributed by atoms with E-state index in [1.807, 2.05) is 18.2 Å². The topological polar surface area (TPSA) is 359 Å². The van der Waals surface area contributed by atoms with Crippen LogP contribution in [0.2, 0.25) is 0 Å². The molecule has 0 spiro atoms. The van der Waals surface area contributed by atoms with Crippen molar-refractivity contribution in [2.75, 3.05) is 44.5 Å². The number of phosphoric ester groups is 1. The van der Waals surface area contributed by atoms with Gasteiger partial charge in [0.2, 0.25) is 11.2 Å². The predicted molar refractivity (Wildman–Crippen MR) is 277 cm³/mol. The molecule has 9 atom stereocenters. The second kappa shape index (κ2) is 28.2. The van der Waals surface area contributed by atoms with Crippen LogP contribution < -0.4 is 11.5 Å². The molecule has 0 unspecified atom stereocenters. The summed E-state index contributed by atoms with van der Waals surface area (Å²) in [5, 5.41) is 84.1. The van der Waals surface area contributed by atoms with Gasteiger partial charge in [-0.3, -0.25) is 18.6 Å². The normalized spacial score (nSPS) is 23.8. The van der Waals surface area contributed by atoms with Gasteiger partial charge in [-0.25, -0.2) is 23.6 Å². The van der Waals surface area contributed by atoms with E-state index in [0.29, 0.717) is 28.9 Å². The zero-order valence-corrected chi connectivity index (χ0v) is 44.3. The fourth-order valence-corrected chi connectivity index (χ4v) is 10.8. The van der Waals surface area contributed by atoms with Crippen LogP contribution in [0.4, 0.5) is 11.6 Å². The average Bonchev–Trinajstić information content (AvgIpc) is 4.38. The lowest BCUT2D eigenvalue weighted by atomic mass is 9.92. The maximum atomic E-state index is 14.9. The number of anilines is 2. The summed E-state index contributed by atoms with van der Waals surface area (Å²) in [4.78, 5) is 12.2. The molecule has 0 radical (unpaired) electrons. The molecule has 8 N–H and O–H groups in total. The first kappa shape index (κ1) is 58.9. The molecular weight excluding hydrogens is 1020 g/mol. The molecule has 0 aromatic carbocycles. The molecule has 5 aromatic heterocycles. The lowest BCUT2D eigenvalue weighted by molar-refractivity contribution is -0.0803. The largest absolute Gasteiger partial charge is 0.475 e. The van der Waals surface area contributed by atoms with Crippen molar-refractivity contribution < 1.29 is 57.5 Å². The SMILES string of the molecule is CCCCCCCCCCCCCCCCCCOC[C@H](COP(=O)(OC[C@H]1O[C@@](C#N)(c2ccc3c(N)ncnn23)[C@H](O)[C@@H]1O)OC[C@H]1O[C@@](C#N)(c2ccc3c(N)ncnn23)[C@H](O)[C@@H]1O)OCc1ccc(C#N)cn1. The Balaban J connectivity index is 1.01. The number of phosphoric acid groups is 1. The number of nitrogen functional groups attached to an aromatic ring is 2. The zero-order valence-electron chi connectivity index (χ0n) is 43.4. The van der Waals surface area contributed by atoms with E-state index in [-0.39, 0.29) is 36.2 Å². The number of rotatable bonds is 33. The van der Waals surface area contributed by atoms with Crippen LogP contribution in [0, 0.1) is 34.0 Å². The van der Waals surface area contributed by atoms with Crippen LogP contribution in [0.1, 0.15) is 132 Å². The summed E-state index contributed by atoms with van der Waals surface area (Å²) < 4.78 is 59.3. The van der Waals surface area contributed by atoms with Gasteiger partial charge in [0, 0.05) is 12.8 Å². The van der Waals surface area contributed by atoms with E-state index in [9.17, 15) is 40.8 Å². The van der Waals surface area contributed by atoms with E-state index < -0.39 is 81.6 Å². The van der Waals surface area contributed by atoms with E-state index >= 15 is 0 Å². The predicted octanol–water partition coefficient (Wildman–Crippen LogP) is 5.60. The van der Waals surface area contributed by atoms with Crippen molar-refractivity contribution in [2.24, 2.45) is 0 Å². The Hall–Kier alpha value is -5.75. The number of unbranched alkanes of at least 4 members (excludes halogenated alkanes) is 15. The van der Waals surface area contributed by atoms with Crippen LogP contribution in [0.3, 0.4) is 0 Å². The third-order valence-corrected chi connectivity index (χ3v) is 15.4. The maximum absolute atomic E-state index is 14.9. The van der Waals surface area contributed by atoms with Gasteiger partial charge in [0.1, 0.15) is 84.6 Å². The number of nitrogens with zero attached hydrogens (tertiary/aromatic N) is 10. The monoisotopic (exact) mass is 1090 g/mol. The second-order valence-corrected chi connectivity index (χ2v) is 21.2. The van der Waals surface area contributed by atoms with Crippen molar-refractivity contribution in [1.82, 2.24) is 34.2 Å². The maximum Gasteiger partial charge on any atom is 0.475 e. The molecule has 416 valence electrons. The number of ether oxygens (including phenoxy) is 4. The number of nitriles is 3. The van der Waals surface area contributed by atoms with Crippen molar-refractivity contribution in [3.8, 4) is 18.2 Å². The second-order valence-electron chi connectivity index (χ2n) is 19.5. The highest BCUT2D eigenvalue weighted by atomic mass is 31.2. The molecule has 24 nitrogen and oxygen atoms in total. The third-order valence-electron chi connectivity index (χ3n) is 14.1. The highest BCUT2D eigenvalue weighted by Crippen LogP contribution is 2.52. The molecule has 2 saturated heterocycles. The summed E-state index contributed by atoms with van der Waals surface area (Å²) in [6.07, 6.45) is 11.8. The van der Waals surface area contributed by atoms with E-state index in [4.69, 9.17) is 44.0 Å². The molecular formula is C52H71N12O12P. The first-order valence-electron chi connectivity index (χ1n) is 26.5. The summed E-state index contributed by atoms with van der Waals surface area (Å²) in [7, 11) is -4.95. The fourth-order valence-electron chi connectivity index (χ4n) is 9.61. The zero-order chi connectivity index (χ0) is 54.8. The quantitative estimate of drug-likeness (QED) is 0.0220. The summed E-state index contributed by atoms with van der Waals surface area (Å²) in [5.74, 6) is 0.139. The van der Waals surface area contributed by atoms with Gasteiger partial charge in [-0.2, -0.15) is 26.0 Å².